The SMILES string of the molecule is COCCN(CCO)CC(=O)Nc1ccc(Cl)cc1F. The minimum Gasteiger partial charge on any atom is -0.395 e. The zero-order valence-electron chi connectivity index (χ0n) is 11.2. The number of methoxy groups -OCH3 is 1. The van der Waals surface area contributed by atoms with Crippen molar-refractivity contribution in [2.75, 3.05) is 45.3 Å². The Hall–Kier alpha value is -1.21. The highest BCUT2D eigenvalue weighted by Gasteiger charge is 2.12. The predicted octanol–water partition coefficient (Wildman–Crippen LogP) is 1.36. The standard InChI is InChI=1S/C13H18ClFN2O3/c1-20-7-5-17(4-6-18)9-13(19)16-12-3-2-10(14)8-11(12)15/h2-3,8,18H,4-7,9H2,1H3,(H,16,19). The molecule has 2 N–H and O–H groups in total. The summed E-state index contributed by atoms with van der Waals surface area (Å²) in [7, 11) is 1.56. The molecule has 0 bridgehead atoms. The summed E-state index contributed by atoms with van der Waals surface area (Å²) >= 11 is 5.63. The number of hydrogen-bond donors (Lipinski definition) is 2. The molecule has 1 rings (SSSR count). The number of halogens is 2. The van der Waals surface area contributed by atoms with E-state index in [1.54, 1.807) is 12.0 Å². The molecule has 0 unspecified atom stereocenters. The first-order valence-corrected chi connectivity index (χ1v) is 6.51. The minimum atomic E-state index is -0.587. The number of rotatable bonds is 8. The van der Waals surface area contributed by atoms with Crippen LogP contribution >= 0.6 is 11.6 Å². The lowest BCUT2D eigenvalue weighted by Gasteiger charge is -2.20. The quantitative estimate of drug-likeness (QED) is 0.761. The van der Waals surface area contributed by atoms with Gasteiger partial charge >= 0.3 is 0 Å². The van der Waals surface area contributed by atoms with Crippen molar-refractivity contribution in [1.29, 1.82) is 0 Å². The summed E-state index contributed by atoms with van der Waals surface area (Å²) in [5.74, 6) is -0.952. The van der Waals surface area contributed by atoms with Gasteiger partial charge in [-0.3, -0.25) is 9.69 Å². The van der Waals surface area contributed by atoms with Crippen LogP contribution in [0.5, 0.6) is 0 Å². The average Bonchev–Trinajstić information content (AvgIpc) is 2.39. The third-order valence-corrected chi connectivity index (χ3v) is 2.84. The number of aliphatic hydroxyl groups is 1. The maximum atomic E-state index is 13.5. The summed E-state index contributed by atoms with van der Waals surface area (Å²) in [6.07, 6.45) is 0. The van der Waals surface area contributed by atoms with Crippen molar-refractivity contribution < 1.29 is 19.0 Å². The molecule has 0 atom stereocenters. The molecule has 0 saturated carbocycles. The van der Waals surface area contributed by atoms with Crippen molar-refractivity contribution in [2.45, 2.75) is 0 Å². The first-order valence-electron chi connectivity index (χ1n) is 6.14. The van der Waals surface area contributed by atoms with Crippen LogP contribution in [0.3, 0.4) is 0 Å². The van der Waals surface area contributed by atoms with Crippen molar-refractivity contribution in [3.63, 3.8) is 0 Å². The van der Waals surface area contributed by atoms with E-state index in [4.69, 9.17) is 21.4 Å². The second kappa shape index (κ2) is 8.86. The predicted molar refractivity (Wildman–Crippen MR) is 75.4 cm³/mol. The highest BCUT2D eigenvalue weighted by Crippen LogP contribution is 2.18. The number of ether oxygens (including phenoxy) is 1. The number of aliphatic hydroxyl groups excluding tert-OH is 1. The van der Waals surface area contributed by atoms with E-state index in [-0.39, 0.29) is 29.8 Å². The summed E-state index contributed by atoms with van der Waals surface area (Å²) in [6.45, 7) is 1.29. The third kappa shape index (κ3) is 5.83. The molecule has 5 nitrogen and oxygen atoms in total. The first kappa shape index (κ1) is 16.8. The Morgan fingerprint density at radius 2 is 2.25 bits per heavy atom. The van der Waals surface area contributed by atoms with Gasteiger partial charge in [-0.25, -0.2) is 4.39 Å². The molecule has 0 fully saturated rings. The zero-order chi connectivity index (χ0) is 15.0. The van der Waals surface area contributed by atoms with Crippen LogP contribution in [0, 0.1) is 5.82 Å². The normalized spacial score (nSPS) is 10.8. The van der Waals surface area contributed by atoms with Crippen LogP contribution in [0.15, 0.2) is 18.2 Å². The van der Waals surface area contributed by atoms with Gasteiger partial charge in [0.1, 0.15) is 5.82 Å². The van der Waals surface area contributed by atoms with Crippen molar-refractivity contribution in [2.24, 2.45) is 0 Å². The summed E-state index contributed by atoms with van der Waals surface area (Å²) in [5, 5.41) is 11.7. The van der Waals surface area contributed by atoms with Gasteiger partial charge in [0.05, 0.1) is 25.4 Å². The minimum absolute atomic E-state index is 0.0476. The highest BCUT2D eigenvalue weighted by atomic mass is 35.5. The summed E-state index contributed by atoms with van der Waals surface area (Å²) in [5.41, 5.74) is 0.0788. The molecule has 1 aromatic carbocycles. The number of benzene rings is 1. The number of nitrogens with zero attached hydrogens (tertiary/aromatic N) is 1. The maximum Gasteiger partial charge on any atom is 0.238 e. The fraction of sp³-hybridized carbons (Fsp3) is 0.462. The Labute approximate surface area is 122 Å². The monoisotopic (exact) mass is 304 g/mol. The molecule has 0 spiro atoms. The van der Waals surface area contributed by atoms with Crippen LogP contribution in [0.4, 0.5) is 10.1 Å². The maximum absolute atomic E-state index is 13.5. The molecule has 7 heteroatoms. The molecule has 0 aliphatic rings. The smallest absolute Gasteiger partial charge is 0.238 e. The third-order valence-electron chi connectivity index (χ3n) is 2.60. The second-order valence-corrected chi connectivity index (χ2v) is 4.60. The van der Waals surface area contributed by atoms with Gasteiger partial charge in [-0.1, -0.05) is 11.6 Å². The van der Waals surface area contributed by atoms with E-state index in [0.29, 0.717) is 19.7 Å². The molecular weight excluding hydrogens is 287 g/mol. The van der Waals surface area contributed by atoms with Gasteiger partial charge in [0.15, 0.2) is 0 Å². The van der Waals surface area contributed by atoms with E-state index in [9.17, 15) is 9.18 Å². The Balaban J connectivity index is 2.55. The average molecular weight is 305 g/mol. The molecule has 20 heavy (non-hydrogen) atoms. The topological polar surface area (TPSA) is 61.8 Å². The fourth-order valence-corrected chi connectivity index (χ4v) is 1.77. The molecule has 112 valence electrons. The van der Waals surface area contributed by atoms with Crippen LogP contribution in [-0.4, -0.2) is 55.9 Å². The van der Waals surface area contributed by atoms with E-state index >= 15 is 0 Å². The van der Waals surface area contributed by atoms with Gasteiger partial charge in [0, 0.05) is 25.2 Å². The van der Waals surface area contributed by atoms with Gasteiger partial charge < -0.3 is 15.2 Å². The van der Waals surface area contributed by atoms with Crippen LogP contribution in [-0.2, 0) is 9.53 Å². The van der Waals surface area contributed by atoms with Crippen molar-refractivity contribution in [3.8, 4) is 0 Å². The number of amides is 1. The van der Waals surface area contributed by atoms with Crippen molar-refractivity contribution in [3.05, 3.63) is 29.0 Å². The van der Waals surface area contributed by atoms with Gasteiger partial charge in [0.2, 0.25) is 5.91 Å². The number of carbonyl (C=O) groups excluding carboxylic acids is 1. The Morgan fingerprint density at radius 3 is 2.85 bits per heavy atom. The van der Waals surface area contributed by atoms with Gasteiger partial charge in [-0.2, -0.15) is 0 Å². The molecule has 1 amide bonds. The van der Waals surface area contributed by atoms with E-state index in [1.807, 2.05) is 0 Å². The summed E-state index contributed by atoms with van der Waals surface area (Å²) in [4.78, 5) is 13.5. The largest absolute Gasteiger partial charge is 0.395 e. The molecule has 0 radical (unpaired) electrons. The molecule has 0 saturated heterocycles. The Bertz CT molecular complexity index is 446. The molecule has 0 heterocycles. The molecule has 0 aliphatic heterocycles. The van der Waals surface area contributed by atoms with Gasteiger partial charge in [0.25, 0.3) is 0 Å². The van der Waals surface area contributed by atoms with E-state index in [0.717, 1.165) is 6.07 Å². The lowest BCUT2D eigenvalue weighted by molar-refractivity contribution is -0.117. The van der Waals surface area contributed by atoms with E-state index in [2.05, 4.69) is 5.32 Å². The lowest BCUT2D eigenvalue weighted by atomic mass is 10.3. The Morgan fingerprint density at radius 1 is 1.50 bits per heavy atom. The van der Waals surface area contributed by atoms with Crippen LogP contribution in [0.2, 0.25) is 5.02 Å². The molecule has 1 aromatic rings. The zero-order valence-corrected chi connectivity index (χ0v) is 12.0. The van der Waals surface area contributed by atoms with Gasteiger partial charge in [-0.05, 0) is 18.2 Å². The fourth-order valence-electron chi connectivity index (χ4n) is 1.62. The molecule has 0 aromatic heterocycles. The highest BCUT2D eigenvalue weighted by molar-refractivity contribution is 6.30. The molecular formula is C13H18ClFN2O3. The van der Waals surface area contributed by atoms with E-state index < -0.39 is 5.82 Å². The van der Waals surface area contributed by atoms with Crippen molar-refractivity contribution in [1.82, 2.24) is 4.90 Å². The number of anilines is 1. The van der Waals surface area contributed by atoms with Crippen LogP contribution < -0.4 is 5.32 Å². The first-order chi connectivity index (χ1) is 9.56. The molecule has 0 aliphatic carbocycles. The summed E-state index contributed by atoms with van der Waals surface area (Å²) in [6, 6.07) is 4.03. The number of hydrogen-bond acceptors (Lipinski definition) is 4. The summed E-state index contributed by atoms with van der Waals surface area (Å²) < 4.78 is 18.4. The van der Waals surface area contributed by atoms with Crippen LogP contribution in [0.1, 0.15) is 0 Å². The second-order valence-electron chi connectivity index (χ2n) is 4.16. The number of nitrogens with one attached hydrogen (secondary N) is 1. The lowest BCUT2D eigenvalue weighted by Crippen LogP contribution is -2.37. The van der Waals surface area contributed by atoms with Gasteiger partial charge in [-0.15, -0.1) is 0 Å². The number of carbonyl (C=O) groups is 1. The van der Waals surface area contributed by atoms with E-state index in [1.165, 1.54) is 12.1 Å². The Kier molecular flexibility index (Phi) is 7.46. The van der Waals surface area contributed by atoms with Crippen LogP contribution in [0.25, 0.3) is 0 Å². The van der Waals surface area contributed by atoms with Crippen molar-refractivity contribution >= 4 is 23.2 Å².